The molecule has 0 spiro atoms. The van der Waals surface area contributed by atoms with E-state index in [2.05, 4.69) is 5.32 Å². The Hall–Kier alpha value is -0.770. The number of amides is 1. The van der Waals surface area contributed by atoms with Crippen LogP contribution in [0.1, 0.15) is 33.6 Å². The summed E-state index contributed by atoms with van der Waals surface area (Å²) in [5.74, 6) is 0.626. The monoisotopic (exact) mass is 226 g/mol. The van der Waals surface area contributed by atoms with Crippen LogP contribution in [0.4, 0.5) is 4.79 Å². The second-order valence-corrected chi connectivity index (χ2v) is 5.78. The summed E-state index contributed by atoms with van der Waals surface area (Å²) in [5.41, 5.74) is -0.387. The fourth-order valence-corrected chi connectivity index (χ4v) is 2.63. The quantitative estimate of drug-likeness (QED) is 0.682. The minimum atomic E-state index is -0.387. The number of likely N-dealkylation sites (tertiary alicyclic amines) is 1. The van der Waals surface area contributed by atoms with Gasteiger partial charge in [-0.25, -0.2) is 4.79 Å². The summed E-state index contributed by atoms with van der Waals surface area (Å²) >= 11 is 0. The lowest BCUT2D eigenvalue weighted by atomic mass is 9.94. The molecular weight excluding hydrogens is 204 g/mol. The molecule has 16 heavy (non-hydrogen) atoms. The van der Waals surface area contributed by atoms with E-state index in [1.165, 1.54) is 0 Å². The third kappa shape index (κ3) is 2.48. The van der Waals surface area contributed by atoms with Gasteiger partial charge in [0, 0.05) is 12.6 Å². The maximum absolute atomic E-state index is 12.0. The van der Waals surface area contributed by atoms with Gasteiger partial charge in [-0.3, -0.25) is 0 Å². The molecule has 0 aromatic carbocycles. The van der Waals surface area contributed by atoms with E-state index >= 15 is 0 Å². The van der Waals surface area contributed by atoms with Crippen molar-refractivity contribution in [2.45, 2.75) is 45.3 Å². The number of hydrogen-bond acceptors (Lipinski definition) is 3. The molecule has 0 aromatic rings. The molecule has 0 saturated carbocycles. The molecule has 1 amide bonds. The van der Waals surface area contributed by atoms with Gasteiger partial charge in [0.25, 0.3) is 0 Å². The molecule has 2 aliphatic heterocycles. The first-order valence-electron chi connectivity index (χ1n) is 6.18. The van der Waals surface area contributed by atoms with Crippen molar-refractivity contribution in [1.82, 2.24) is 10.2 Å². The highest BCUT2D eigenvalue weighted by Crippen LogP contribution is 2.29. The average molecular weight is 226 g/mol. The van der Waals surface area contributed by atoms with E-state index in [1.54, 1.807) is 0 Å². The first-order chi connectivity index (χ1) is 7.47. The molecule has 2 aliphatic rings. The summed E-state index contributed by atoms with van der Waals surface area (Å²) in [6, 6.07) is 0.399. The van der Waals surface area contributed by atoms with Crippen LogP contribution >= 0.6 is 0 Å². The van der Waals surface area contributed by atoms with E-state index in [0.717, 1.165) is 32.5 Å². The summed E-state index contributed by atoms with van der Waals surface area (Å²) in [6.45, 7) is 8.67. The molecule has 1 N–H and O–H groups in total. The topological polar surface area (TPSA) is 41.6 Å². The van der Waals surface area contributed by atoms with Crippen molar-refractivity contribution in [3.63, 3.8) is 0 Å². The SMILES string of the molecule is CC(C)(C)OC(=O)N1CC[C@@H]2CNCC[C@@H]21. The van der Waals surface area contributed by atoms with Gasteiger partial charge in [0.2, 0.25) is 0 Å². The van der Waals surface area contributed by atoms with Gasteiger partial charge in [0.15, 0.2) is 0 Å². The Labute approximate surface area is 97.3 Å². The molecule has 2 saturated heterocycles. The number of nitrogens with one attached hydrogen (secondary N) is 1. The van der Waals surface area contributed by atoms with Gasteiger partial charge in [0.1, 0.15) is 5.60 Å². The molecule has 2 atom stereocenters. The van der Waals surface area contributed by atoms with Crippen molar-refractivity contribution in [3.8, 4) is 0 Å². The maximum atomic E-state index is 12.0. The van der Waals surface area contributed by atoms with E-state index in [0.29, 0.717) is 12.0 Å². The first-order valence-corrected chi connectivity index (χ1v) is 6.18. The molecule has 0 unspecified atom stereocenters. The molecule has 2 fully saturated rings. The van der Waals surface area contributed by atoms with Gasteiger partial charge in [-0.15, -0.1) is 0 Å². The lowest BCUT2D eigenvalue weighted by Gasteiger charge is -2.33. The Morgan fingerprint density at radius 1 is 1.38 bits per heavy atom. The fourth-order valence-electron chi connectivity index (χ4n) is 2.63. The molecule has 0 aliphatic carbocycles. The van der Waals surface area contributed by atoms with Crippen LogP contribution in [0.5, 0.6) is 0 Å². The molecule has 2 rings (SSSR count). The molecule has 4 heteroatoms. The molecule has 2 heterocycles. The minimum absolute atomic E-state index is 0.137. The zero-order valence-corrected chi connectivity index (χ0v) is 10.5. The number of carbonyl (C=O) groups excluding carboxylic acids is 1. The predicted molar refractivity (Wildman–Crippen MR) is 62.3 cm³/mol. The van der Waals surface area contributed by atoms with E-state index in [9.17, 15) is 4.79 Å². The maximum Gasteiger partial charge on any atom is 0.410 e. The summed E-state index contributed by atoms with van der Waals surface area (Å²) < 4.78 is 5.44. The van der Waals surface area contributed by atoms with Crippen molar-refractivity contribution in [1.29, 1.82) is 0 Å². The normalized spacial score (nSPS) is 30.1. The number of fused-ring (bicyclic) bond motifs is 1. The fraction of sp³-hybridized carbons (Fsp3) is 0.917. The Kier molecular flexibility index (Phi) is 3.10. The van der Waals surface area contributed by atoms with Gasteiger partial charge in [-0.05, 0) is 52.6 Å². The Morgan fingerprint density at radius 3 is 2.81 bits per heavy atom. The second kappa shape index (κ2) is 4.24. The van der Waals surface area contributed by atoms with Crippen LogP contribution in [0.15, 0.2) is 0 Å². The van der Waals surface area contributed by atoms with Crippen LogP contribution in [0.3, 0.4) is 0 Å². The predicted octanol–water partition coefficient (Wildman–Crippen LogP) is 1.61. The van der Waals surface area contributed by atoms with Crippen LogP contribution in [-0.4, -0.2) is 42.3 Å². The Bertz CT molecular complexity index is 273. The van der Waals surface area contributed by atoms with E-state index in [1.807, 2.05) is 25.7 Å². The standard InChI is InChI=1S/C12H22N2O2/c1-12(2,3)16-11(15)14-7-5-9-8-13-6-4-10(9)14/h9-10,13H,4-8H2,1-3H3/t9-,10+/m1/s1. The van der Waals surface area contributed by atoms with Gasteiger partial charge >= 0.3 is 6.09 Å². The lowest BCUT2D eigenvalue weighted by Crippen LogP contribution is -2.47. The number of nitrogens with zero attached hydrogens (tertiary/aromatic N) is 1. The van der Waals surface area contributed by atoms with Gasteiger partial charge in [-0.1, -0.05) is 0 Å². The average Bonchev–Trinajstić information content (AvgIpc) is 2.58. The Morgan fingerprint density at radius 2 is 2.12 bits per heavy atom. The third-order valence-corrected chi connectivity index (χ3v) is 3.34. The van der Waals surface area contributed by atoms with Gasteiger partial charge < -0.3 is 15.0 Å². The number of rotatable bonds is 0. The summed E-state index contributed by atoms with van der Waals surface area (Å²) in [6.07, 6.45) is 2.03. The molecule has 0 radical (unpaired) electrons. The molecule has 4 nitrogen and oxygen atoms in total. The summed E-state index contributed by atoms with van der Waals surface area (Å²) in [7, 11) is 0. The Balaban J connectivity index is 1.97. The highest BCUT2D eigenvalue weighted by atomic mass is 16.6. The minimum Gasteiger partial charge on any atom is -0.444 e. The van der Waals surface area contributed by atoms with E-state index in [4.69, 9.17) is 4.74 Å². The van der Waals surface area contributed by atoms with Crippen molar-refractivity contribution in [2.24, 2.45) is 5.92 Å². The molecular formula is C12H22N2O2. The van der Waals surface area contributed by atoms with Crippen molar-refractivity contribution in [2.75, 3.05) is 19.6 Å². The summed E-state index contributed by atoms with van der Waals surface area (Å²) in [4.78, 5) is 13.9. The van der Waals surface area contributed by atoms with E-state index in [-0.39, 0.29) is 11.7 Å². The second-order valence-electron chi connectivity index (χ2n) is 5.78. The number of ether oxygens (including phenoxy) is 1. The molecule has 0 bridgehead atoms. The van der Waals surface area contributed by atoms with Crippen molar-refractivity contribution < 1.29 is 9.53 Å². The largest absolute Gasteiger partial charge is 0.444 e. The van der Waals surface area contributed by atoms with Gasteiger partial charge in [-0.2, -0.15) is 0 Å². The molecule has 0 aromatic heterocycles. The van der Waals surface area contributed by atoms with Crippen LogP contribution in [0, 0.1) is 5.92 Å². The number of piperidine rings is 1. The highest BCUT2D eigenvalue weighted by molar-refractivity contribution is 5.69. The smallest absolute Gasteiger partial charge is 0.410 e. The van der Waals surface area contributed by atoms with Crippen molar-refractivity contribution in [3.05, 3.63) is 0 Å². The highest BCUT2D eigenvalue weighted by Gasteiger charge is 2.39. The molecule has 92 valence electrons. The summed E-state index contributed by atoms with van der Waals surface area (Å²) in [5, 5.41) is 3.39. The van der Waals surface area contributed by atoms with E-state index < -0.39 is 0 Å². The first kappa shape index (κ1) is 11.7. The van der Waals surface area contributed by atoms with Crippen molar-refractivity contribution >= 4 is 6.09 Å². The van der Waals surface area contributed by atoms with Crippen LogP contribution < -0.4 is 5.32 Å². The third-order valence-electron chi connectivity index (χ3n) is 3.34. The van der Waals surface area contributed by atoms with Crippen LogP contribution in [-0.2, 0) is 4.74 Å². The number of carbonyl (C=O) groups is 1. The zero-order chi connectivity index (χ0) is 11.8. The van der Waals surface area contributed by atoms with Gasteiger partial charge in [0.05, 0.1) is 0 Å². The lowest BCUT2D eigenvalue weighted by molar-refractivity contribution is 0.0189. The van der Waals surface area contributed by atoms with Crippen LogP contribution in [0.2, 0.25) is 0 Å². The van der Waals surface area contributed by atoms with Crippen LogP contribution in [0.25, 0.3) is 0 Å². The zero-order valence-electron chi connectivity index (χ0n) is 10.5. The number of hydrogen-bond donors (Lipinski definition) is 1.